The van der Waals surface area contributed by atoms with Crippen LogP contribution in [-0.2, 0) is 28.6 Å². The molecule has 0 aliphatic heterocycles. The highest BCUT2D eigenvalue weighted by Crippen LogP contribution is 2.18. The van der Waals surface area contributed by atoms with Gasteiger partial charge >= 0.3 is 17.9 Å². The van der Waals surface area contributed by atoms with Gasteiger partial charge in [-0.3, -0.25) is 14.4 Å². The standard InChI is InChI=1S/C54H104O6/c1-6-9-10-11-12-13-24-31-36-41-46-54(57)60-51(48-59-53(56)45-40-35-30-26-21-20-23-28-33-38-43-50(5)8-3)47-58-52(55)44-39-34-29-25-19-17-15-14-16-18-22-27-32-37-42-49(4)7-2/h49-51H,6-48H2,1-5H3/t49?,50?,51-/m0/s1. The number of hydrogen-bond acceptors (Lipinski definition) is 6. The van der Waals surface area contributed by atoms with Gasteiger partial charge in [-0.2, -0.15) is 0 Å². The summed E-state index contributed by atoms with van der Waals surface area (Å²) in [6, 6.07) is 0. The van der Waals surface area contributed by atoms with Crippen LogP contribution in [0.4, 0.5) is 0 Å². The molecule has 0 saturated heterocycles. The van der Waals surface area contributed by atoms with Gasteiger partial charge in [0.15, 0.2) is 6.10 Å². The highest BCUT2D eigenvalue weighted by Gasteiger charge is 2.19. The molecule has 0 fully saturated rings. The van der Waals surface area contributed by atoms with Crippen molar-refractivity contribution >= 4 is 17.9 Å². The van der Waals surface area contributed by atoms with E-state index in [0.717, 1.165) is 69.6 Å². The van der Waals surface area contributed by atoms with Crippen LogP contribution >= 0.6 is 0 Å². The molecule has 0 rings (SSSR count). The van der Waals surface area contributed by atoms with E-state index in [1.807, 2.05) is 0 Å². The van der Waals surface area contributed by atoms with Crippen molar-refractivity contribution in [2.45, 2.75) is 304 Å². The predicted octanol–water partition coefficient (Wildman–Crippen LogP) is 17.3. The second-order valence-corrected chi connectivity index (χ2v) is 19.0. The number of rotatable bonds is 48. The third-order valence-corrected chi connectivity index (χ3v) is 12.9. The lowest BCUT2D eigenvalue weighted by Gasteiger charge is -2.18. The van der Waals surface area contributed by atoms with E-state index in [9.17, 15) is 14.4 Å². The van der Waals surface area contributed by atoms with Crippen molar-refractivity contribution in [1.29, 1.82) is 0 Å². The zero-order valence-electron chi connectivity index (χ0n) is 41.1. The molecule has 0 radical (unpaired) electrons. The van der Waals surface area contributed by atoms with Crippen LogP contribution in [0.1, 0.15) is 298 Å². The molecule has 0 amide bonds. The van der Waals surface area contributed by atoms with E-state index in [4.69, 9.17) is 14.2 Å². The van der Waals surface area contributed by atoms with Gasteiger partial charge in [-0.05, 0) is 31.1 Å². The van der Waals surface area contributed by atoms with Crippen molar-refractivity contribution < 1.29 is 28.6 Å². The van der Waals surface area contributed by atoms with Gasteiger partial charge in [0.1, 0.15) is 13.2 Å². The summed E-state index contributed by atoms with van der Waals surface area (Å²) >= 11 is 0. The molecule has 356 valence electrons. The van der Waals surface area contributed by atoms with Crippen LogP contribution in [0.5, 0.6) is 0 Å². The smallest absolute Gasteiger partial charge is 0.306 e. The number of unbranched alkanes of at least 4 members (excludes halogenated alkanes) is 31. The molecule has 0 N–H and O–H groups in total. The molecule has 2 unspecified atom stereocenters. The van der Waals surface area contributed by atoms with E-state index in [0.29, 0.717) is 19.3 Å². The minimum atomic E-state index is -0.761. The summed E-state index contributed by atoms with van der Waals surface area (Å²) in [5.41, 5.74) is 0. The average Bonchev–Trinajstić information content (AvgIpc) is 3.25. The first-order valence-corrected chi connectivity index (χ1v) is 26.8. The first-order valence-electron chi connectivity index (χ1n) is 26.8. The Balaban J connectivity index is 4.25. The summed E-state index contributed by atoms with van der Waals surface area (Å²) in [5.74, 6) is 0.918. The molecule has 6 nitrogen and oxygen atoms in total. The molecule has 0 aromatic heterocycles. The third-order valence-electron chi connectivity index (χ3n) is 12.9. The zero-order valence-corrected chi connectivity index (χ0v) is 41.1. The van der Waals surface area contributed by atoms with Gasteiger partial charge in [-0.15, -0.1) is 0 Å². The minimum absolute atomic E-state index is 0.0635. The summed E-state index contributed by atoms with van der Waals surface area (Å²) in [4.78, 5) is 37.9. The van der Waals surface area contributed by atoms with E-state index >= 15 is 0 Å². The Morgan fingerprint density at radius 3 is 0.867 bits per heavy atom. The molecular weight excluding hydrogens is 745 g/mol. The van der Waals surface area contributed by atoms with Crippen molar-refractivity contribution in [3.8, 4) is 0 Å². The van der Waals surface area contributed by atoms with E-state index < -0.39 is 6.10 Å². The average molecular weight is 849 g/mol. The Bertz CT molecular complexity index is 920. The molecular formula is C54H104O6. The maximum atomic E-state index is 12.7. The van der Waals surface area contributed by atoms with E-state index in [-0.39, 0.29) is 31.1 Å². The fourth-order valence-electron chi connectivity index (χ4n) is 8.10. The molecule has 0 saturated carbocycles. The SMILES string of the molecule is CCCCCCCCCCCCC(=O)O[C@@H](COC(=O)CCCCCCCCCCCCCCCCC(C)CC)COC(=O)CCCCCCCCCCCCC(C)CC. The van der Waals surface area contributed by atoms with Crippen LogP contribution in [0.2, 0.25) is 0 Å². The number of carbonyl (C=O) groups is 3. The monoisotopic (exact) mass is 849 g/mol. The number of hydrogen-bond donors (Lipinski definition) is 0. The second-order valence-electron chi connectivity index (χ2n) is 19.0. The summed E-state index contributed by atoms with van der Waals surface area (Å²) in [5, 5.41) is 0. The quantitative estimate of drug-likeness (QED) is 0.0345. The zero-order chi connectivity index (χ0) is 44.0. The first-order chi connectivity index (χ1) is 29.3. The molecule has 0 bridgehead atoms. The van der Waals surface area contributed by atoms with Gasteiger partial charge in [0.05, 0.1) is 0 Å². The maximum absolute atomic E-state index is 12.7. The largest absolute Gasteiger partial charge is 0.462 e. The Labute approximate surface area is 374 Å². The summed E-state index contributed by atoms with van der Waals surface area (Å²) in [6.07, 6.45) is 47.9. The van der Waals surface area contributed by atoms with Crippen molar-refractivity contribution in [2.24, 2.45) is 11.8 Å². The topological polar surface area (TPSA) is 78.9 Å². The van der Waals surface area contributed by atoms with Crippen LogP contribution in [0.25, 0.3) is 0 Å². The molecule has 0 aliphatic rings. The normalized spacial score (nSPS) is 12.9. The third kappa shape index (κ3) is 44.5. The molecule has 60 heavy (non-hydrogen) atoms. The lowest BCUT2D eigenvalue weighted by Crippen LogP contribution is -2.30. The van der Waals surface area contributed by atoms with Crippen LogP contribution in [-0.4, -0.2) is 37.2 Å². The fourth-order valence-corrected chi connectivity index (χ4v) is 8.10. The Morgan fingerprint density at radius 1 is 0.333 bits per heavy atom. The second kappa shape index (κ2) is 46.9. The minimum Gasteiger partial charge on any atom is -0.462 e. The van der Waals surface area contributed by atoms with Crippen molar-refractivity contribution in [1.82, 2.24) is 0 Å². The first kappa shape index (κ1) is 58.4. The number of esters is 3. The maximum Gasteiger partial charge on any atom is 0.306 e. The summed E-state index contributed by atoms with van der Waals surface area (Å²) < 4.78 is 16.8. The number of ether oxygens (including phenoxy) is 3. The van der Waals surface area contributed by atoms with E-state index in [1.165, 1.54) is 186 Å². The van der Waals surface area contributed by atoms with E-state index in [1.54, 1.807) is 0 Å². The summed E-state index contributed by atoms with van der Waals surface area (Å²) in [7, 11) is 0. The lowest BCUT2D eigenvalue weighted by atomic mass is 9.99. The lowest BCUT2D eigenvalue weighted by molar-refractivity contribution is -0.167. The van der Waals surface area contributed by atoms with Gasteiger partial charge < -0.3 is 14.2 Å². The van der Waals surface area contributed by atoms with Gasteiger partial charge in [-0.1, -0.05) is 259 Å². The molecule has 0 aliphatic carbocycles. The molecule has 0 heterocycles. The van der Waals surface area contributed by atoms with Crippen LogP contribution < -0.4 is 0 Å². The van der Waals surface area contributed by atoms with Crippen molar-refractivity contribution in [3.63, 3.8) is 0 Å². The van der Waals surface area contributed by atoms with Gasteiger partial charge in [0.25, 0.3) is 0 Å². The van der Waals surface area contributed by atoms with Gasteiger partial charge in [0.2, 0.25) is 0 Å². The Kier molecular flexibility index (Phi) is 45.7. The molecule has 3 atom stereocenters. The highest BCUT2D eigenvalue weighted by atomic mass is 16.6. The van der Waals surface area contributed by atoms with Crippen LogP contribution in [0.3, 0.4) is 0 Å². The highest BCUT2D eigenvalue weighted by molar-refractivity contribution is 5.71. The van der Waals surface area contributed by atoms with Crippen LogP contribution in [0.15, 0.2) is 0 Å². The van der Waals surface area contributed by atoms with Gasteiger partial charge in [0, 0.05) is 19.3 Å². The van der Waals surface area contributed by atoms with Crippen LogP contribution in [0, 0.1) is 11.8 Å². The predicted molar refractivity (Wildman–Crippen MR) is 256 cm³/mol. The van der Waals surface area contributed by atoms with Crippen molar-refractivity contribution in [3.05, 3.63) is 0 Å². The molecule has 6 heteroatoms. The Morgan fingerprint density at radius 2 is 0.583 bits per heavy atom. The van der Waals surface area contributed by atoms with Crippen molar-refractivity contribution in [2.75, 3.05) is 13.2 Å². The fraction of sp³-hybridized carbons (Fsp3) is 0.944. The molecule has 0 spiro atoms. The molecule has 0 aromatic carbocycles. The number of carbonyl (C=O) groups excluding carboxylic acids is 3. The van der Waals surface area contributed by atoms with Gasteiger partial charge in [-0.25, -0.2) is 0 Å². The van der Waals surface area contributed by atoms with E-state index in [2.05, 4.69) is 34.6 Å². The summed E-state index contributed by atoms with van der Waals surface area (Å²) in [6.45, 7) is 11.4. The molecule has 0 aromatic rings. The Hall–Kier alpha value is -1.59.